The van der Waals surface area contributed by atoms with Gasteiger partial charge in [-0.2, -0.15) is 0 Å². The molecule has 1 aliphatic rings. The molecule has 1 aliphatic heterocycles. The van der Waals surface area contributed by atoms with Gasteiger partial charge in [0.15, 0.2) is 4.96 Å². The minimum atomic E-state index is -0.327. The molecule has 4 rings (SSSR count). The summed E-state index contributed by atoms with van der Waals surface area (Å²) < 4.78 is 21.2. The summed E-state index contributed by atoms with van der Waals surface area (Å²) in [6, 6.07) is 6.51. The van der Waals surface area contributed by atoms with Crippen molar-refractivity contribution in [3.05, 3.63) is 47.4 Å². The Bertz CT molecular complexity index is 991. The number of ether oxygens (including phenoxy) is 1. The molecule has 6 nitrogen and oxygen atoms in total. The summed E-state index contributed by atoms with van der Waals surface area (Å²) in [6.07, 6.45) is 1.71. The van der Waals surface area contributed by atoms with E-state index < -0.39 is 0 Å². The number of aromatic nitrogens is 2. The molecule has 0 aliphatic carbocycles. The van der Waals surface area contributed by atoms with Crippen LogP contribution in [0, 0.1) is 5.82 Å². The quantitative estimate of drug-likeness (QED) is 0.713. The normalized spacial score (nSPS) is 15.8. The van der Waals surface area contributed by atoms with Crippen molar-refractivity contribution in [1.82, 2.24) is 19.6 Å². The predicted molar refractivity (Wildman–Crippen MR) is 107 cm³/mol. The van der Waals surface area contributed by atoms with Gasteiger partial charge in [-0.25, -0.2) is 9.37 Å². The Balaban J connectivity index is 1.51. The monoisotopic (exact) mass is 402 g/mol. The molecular weight excluding hydrogens is 379 g/mol. The first-order valence-corrected chi connectivity index (χ1v) is 10.2. The van der Waals surface area contributed by atoms with Gasteiger partial charge in [-0.3, -0.25) is 14.1 Å². The summed E-state index contributed by atoms with van der Waals surface area (Å²) in [5.74, 6) is -0.489. The fraction of sp³-hybridized carbons (Fsp3) is 0.400. The zero-order valence-electron chi connectivity index (χ0n) is 15.9. The Morgan fingerprint density at radius 3 is 2.82 bits per heavy atom. The van der Waals surface area contributed by atoms with E-state index in [-0.39, 0.29) is 17.3 Å². The van der Waals surface area contributed by atoms with E-state index in [1.54, 1.807) is 34.2 Å². The van der Waals surface area contributed by atoms with Crippen molar-refractivity contribution in [1.29, 1.82) is 0 Å². The van der Waals surface area contributed by atoms with Crippen LogP contribution in [-0.4, -0.2) is 58.6 Å². The minimum Gasteiger partial charge on any atom is -0.379 e. The largest absolute Gasteiger partial charge is 0.379 e. The summed E-state index contributed by atoms with van der Waals surface area (Å²) in [5, 5.41) is 4.82. The Labute approximate surface area is 166 Å². The lowest BCUT2D eigenvalue weighted by atomic mass is 10.0. The molecule has 3 heterocycles. The minimum absolute atomic E-state index is 0.162. The SMILES string of the molecule is CC(C)(CNC(=O)c1csc2nc(-c3ccccc3F)cn12)N1CCOCC1. The van der Waals surface area contributed by atoms with Crippen molar-refractivity contribution in [2.24, 2.45) is 0 Å². The molecule has 0 saturated carbocycles. The molecule has 1 saturated heterocycles. The predicted octanol–water partition coefficient (Wildman–Crippen LogP) is 3.04. The molecular formula is C20H23FN4O2S. The topological polar surface area (TPSA) is 58.9 Å². The third-order valence-corrected chi connectivity index (χ3v) is 5.98. The van der Waals surface area contributed by atoms with Crippen LogP contribution in [0.5, 0.6) is 0 Å². The van der Waals surface area contributed by atoms with Crippen LogP contribution in [0.1, 0.15) is 24.3 Å². The zero-order chi connectivity index (χ0) is 19.7. The molecule has 0 unspecified atom stereocenters. The number of hydrogen-bond acceptors (Lipinski definition) is 5. The van der Waals surface area contributed by atoms with Crippen LogP contribution in [0.4, 0.5) is 4.39 Å². The average Bonchev–Trinajstić information content (AvgIpc) is 3.28. The number of thiazole rings is 1. The molecule has 0 bridgehead atoms. The van der Waals surface area contributed by atoms with Gasteiger partial charge in [0, 0.05) is 42.3 Å². The number of nitrogens with zero attached hydrogens (tertiary/aromatic N) is 3. The summed E-state index contributed by atoms with van der Waals surface area (Å²) in [7, 11) is 0. The summed E-state index contributed by atoms with van der Waals surface area (Å²) in [4.78, 5) is 20.2. The third-order valence-electron chi connectivity index (χ3n) is 5.14. The van der Waals surface area contributed by atoms with Crippen LogP contribution >= 0.6 is 11.3 Å². The van der Waals surface area contributed by atoms with Gasteiger partial charge in [0.2, 0.25) is 0 Å². The van der Waals surface area contributed by atoms with Crippen LogP contribution < -0.4 is 5.32 Å². The van der Waals surface area contributed by atoms with E-state index in [1.165, 1.54) is 17.4 Å². The van der Waals surface area contributed by atoms with Gasteiger partial charge < -0.3 is 10.1 Å². The van der Waals surface area contributed by atoms with Gasteiger partial charge in [-0.05, 0) is 26.0 Å². The van der Waals surface area contributed by atoms with Crippen LogP contribution in [0.2, 0.25) is 0 Å². The third kappa shape index (κ3) is 3.67. The maximum Gasteiger partial charge on any atom is 0.269 e. The van der Waals surface area contributed by atoms with Crippen LogP contribution in [0.25, 0.3) is 16.2 Å². The molecule has 3 aromatic rings. The van der Waals surface area contributed by atoms with Gasteiger partial charge >= 0.3 is 0 Å². The van der Waals surface area contributed by atoms with Crippen molar-refractivity contribution in [3.63, 3.8) is 0 Å². The second kappa shape index (κ2) is 7.62. The Morgan fingerprint density at radius 2 is 2.07 bits per heavy atom. The van der Waals surface area contributed by atoms with E-state index in [4.69, 9.17) is 4.74 Å². The molecule has 0 spiro atoms. The molecule has 0 atom stereocenters. The fourth-order valence-electron chi connectivity index (χ4n) is 3.41. The summed E-state index contributed by atoms with van der Waals surface area (Å²) in [6.45, 7) is 7.92. The highest BCUT2D eigenvalue weighted by molar-refractivity contribution is 7.15. The second-order valence-electron chi connectivity index (χ2n) is 7.47. The van der Waals surface area contributed by atoms with Gasteiger partial charge in [0.1, 0.15) is 11.5 Å². The second-order valence-corrected chi connectivity index (χ2v) is 8.31. The first kappa shape index (κ1) is 19.0. The van der Waals surface area contributed by atoms with E-state index in [0.717, 1.165) is 26.3 Å². The number of morpholine rings is 1. The maximum absolute atomic E-state index is 14.1. The molecule has 2 aromatic heterocycles. The number of nitrogens with one attached hydrogen (secondary N) is 1. The number of benzene rings is 1. The number of hydrogen-bond donors (Lipinski definition) is 1. The molecule has 28 heavy (non-hydrogen) atoms. The smallest absolute Gasteiger partial charge is 0.269 e. The van der Waals surface area contributed by atoms with Crippen molar-refractivity contribution in [3.8, 4) is 11.3 Å². The standard InChI is InChI=1S/C20H23FN4O2S/c1-20(2,24-7-9-27-10-8-24)13-22-18(26)17-12-28-19-23-16(11-25(17)19)14-5-3-4-6-15(14)21/h3-6,11-12H,7-10,13H2,1-2H3,(H,22,26). The number of fused-ring (bicyclic) bond motifs is 1. The summed E-state index contributed by atoms with van der Waals surface area (Å²) >= 11 is 1.37. The van der Waals surface area contributed by atoms with Gasteiger partial charge in [-0.1, -0.05) is 12.1 Å². The molecule has 1 amide bonds. The van der Waals surface area contributed by atoms with Crippen LogP contribution in [0.15, 0.2) is 35.8 Å². The molecule has 148 valence electrons. The molecule has 0 radical (unpaired) electrons. The van der Waals surface area contributed by atoms with E-state index in [0.29, 0.717) is 28.5 Å². The first-order valence-electron chi connectivity index (χ1n) is 9.28. The highest BCUT2D eigenvalue weighted by Gasteiger charge is 2.29. The molecule has 8 heteroatoms. The van der Waals surface area contributed by atoms with Gasteiger partial charge in [0.05, 0.1) is 18.9 Å². The van der Waals surface area contributed by atoms with Crippen molar-refractivity contribution in [2.75, 3.05) is 32.8 Å². The zero-order valence-corrected chi connectivity index (χ0v) is 16.8. The molecule has 1 N–H and O–H groups in total. The average molecular weight is 402 g/mol. The Kier molecular flexibility index (Phi) is 5.18. The number of carbonyl (C=O) groups is 1. The highest BCUT2D eigenvalue weighted by atomic mass is 32.1. The number of amides is 1. The van der Waals surface area contributed by atoms with Crippen molar-refractivity contribution < 1.29 is 13.9 Å². The van der Waals surface area contributed by atoms with E-state index in [9.17, 15) is 9.18 Å². The molecule has 1 fully saturated rings. The van der Waals surface area contributed by atoms with Gasteiger partial charge in [0.25, 0.3) is 5.91 Å². The number of imidazole rings is 1. The fourth-order valence-corrected chi connectivity index (χ4v) is 4.27. The maximum atomic E-state index is 14.1. The Hall–Kier alpha value is -2.29. The summed E-state index contributed by atoms with van der Waals surface area (Å²) in [5.41, 5.74) is 1.29. The number of rotatable bonds is 5. The lowest BCUT2D eigenvalue weighted by molar-refractivity contribution is -0.00924. The molecule has 1 aromatic carbocycles. The van der Waals surface area contributed by atoms with E-state index in [2.05, 4.69) is 29.0 Å². The lowest BCUT2D eigenvalue weighted by Gasteiger charge is -2.40. The first-order chi connectivity index (χ1) is 13.5. The van der Waals surface area contributed by atoms with Crippen LogP contribution in [0.3, 0.4) is 0 Å². The van der Waals surface area contributed by atoms with E-state index >= 15 is 0 Å². The Morgan fingerprint density at radius 1 is 1.32 bits per heavy atom. The van der Waals surface area contributed by atoms with Crippen molar-refractivity contribution >= 4 is 22.2 Å². The number of carbonyl (C=O) groups excluding carboxylic acids is 1. The number of halogens is 1. The van der Waals surface area contributed by atoms with Gasteiger partial charge in [-0.15, -0.1) is 11.3 Å². The highest BCUT2D eigenvalue weighted by Crippen LogP contribution is 2.25. The van der Waals surface area contributed by atoms with E-state index in [1.807, 2.05) is 0 Å². The van der Waals surface area contributed by atoms with Crippen molar-refractivity contribution in [2.45, 2.75) is 19.4 Å². The van der Waals surface area contributed by atoms with Crippen LogP contribution in [-0.2, 0) is 4.74 Å². The lowest BCUT2D eigenvalue weighted by Crippen LogP contribution is -2.55.